The second-order valence-corrected chi connectivity index (χ2v) is 5.21. The van der Waals surface area contributed by atoms with Crippen molar-refractivity contribution in [3.05, 3.63) is 46.7 Å². The summed E-state index contributed by atoms with van der Waals surface area (Å²) in [6.45, 7) is 0. The molecule has 1 heterocycles. The number of aromatic nitrogens is 2. The molecule has 4 nitrogen and oxygen atoms in total. The maximum Gasteiger partial charge on any atom is 0.335 e. The zero-order valence-corrected chi connectivity index (χ0v) is 11.2. The minimum Gasteiger partial charge on any atom is -0.478 e. The van der Waals surface area contributed by atoms with Gasteiger partial charge in [0.15, 0.2) is 0 Å². The van der Waals surface area contributed by atoms with E-state index in [1.807, 2.05) is 13.2 Å². The summed E-state index contributed by atoms with van der Waals surface area (Å²) >= 11 is 7.65. The highest BCUT2D eigenvalue weighted by molar-refractivity contribution is 7.98. The summed E-state index contributed by atoms with van der Waals surface area (Å²) < 4.78 is 1.73. The van der Waals surface area contributed by atoms with Gasteiger partial charge in [-0.1, -0.05) is 17.7 Å². The Kier molecular flexibility index (Phi) is 3.93. The highest BCUT2D eigenvalue weighted by Gasteiger charge is 2.07. The minimum atomic E-state index is -0.969. The molecule has 0 saturated carbocycles. The van der Waals surface area contributed by atoms with Crippen molar-refractivity contribution in [2.75, 3.05) is 0 Å². The predicted molar refractivity (Wildman–Crippen MR) is 71.2 cm³/mol. The average Bonchev–Trinajstić information content (AvgIpc) is 2.73. The van der Waals surface area contributed by atoms with Crippen LogP contribution in [0, 0.1) is 0 Å². The Labute approximate surface area is 114 Å². The van der Waals surface area contributed by atoms with E-state index in [4.69, 9.17) is 16.7 Å². The number of carbonyl (C=O) groups is 1. The number of rotatable bonds is 4. The summed E-state index contributed by atoms with van der Waals surface area (Å²) in [5.74, 6) is -0.284. The topological polar surface area (TPSA) is 55.1 Å². The molecule has 0 amide bonds. The number of carboxylic acids is 1. The normalized spacial score (nSPS) is 10.6. The lowest BCUT2D eigenvalue weighted by molar-refractivity contribution is 0.0697. The number of halogens is 1. The van der Waals surface area contributed by atoms with Gasteiger partial charge >= 0.3 is 5.97 Å². The van der Waals surface area contributed by atoms with E-state index in [0.29, 0.717) is 10.8 Å². The van der Waals surface area contributed by atoms with Crippen molar-refractivity contribution in [1.29, 1.82) is 0 Å². The number of hydrogen-bond acceptors (Lipinski definition) is 3. The fourth-order valence-corrected chi connectivity index (χ4v) is 2.68. The summed E-state index contributed by atoms with van der Waals surface area (Å²) in [5, 5.41) is 13.4. The van der Waals surface area contributed by atoms with Gasteiger partial charge in [0.1, 0.15) is 0 Å². The molecule has 6 heteroatoms. The van der Waals surface area contributed by atoms with E-state index in [1.54, 1.807) is 34.8 Å². The van der Waals surface area contributed by atoms with Crippen molar-refractivity contribution in [3.8, 4) is 0 Å². The van der Waals surface area contributed by atoms with E-state index < -0.39 is 5.97 Å². The highest BCUT2D eigenvalue weighted by Crippen LogP contribution is 2.27. The number of hydrogen-bond donors (Lipinski definition) is 1. The number of benzene rings is 1. The molecular formula is C12H11ClN2O2S. The van der Waals surface area contributed by atoms with Crippen LogP contribution in [-0.4, -0.2) is 20.9 Å². The molecule has 0 fully saturated rings. The molecule has 0 aliphatic heterocycles. The number of aromatic carboxylic acids is 1. The third-order valence-corrected chi connectivity index (χ3v) is 3.73. The van der Waals surface area contributed by atoms with Crippen LogP contribution in [0.15, 0.2) is 35.5 Å². The molecular weight excluding hydrogens is 272 g/mol. The van der Waals surface area contributed by atoms with Crippen LogP contribution >= 0.6 is 23.4 Å². The Balaban J connectivity index is 2.08. The molecule has 0 saturated heterocycles. The van der Waals surface area contributed by atoms with Gasteiger partial charge < -0.3 is 5.11 Å². The first-order valence-corrected chi connectivity index (χ1v) is 6.56. The third-order valence-electron chi connectivity index (χ3n) is 2.38. The van der Waals surface area contributed by atoms with Gasteiger partial charge in [-0.2, -0.15) is 5.10 Å². The lowest BCUT2D eigenvalue weighted by Gasteiger charge is -2.04. The molecule has 1 aromatic carbocycles. The van der Waals surface area contributed by atoms with Gasteiger partial charge in [-0.25, -0.2) is 4.79 Å². The molecule has 0 aliphatic carbocycles. The largest absolute Gasteiger partial charge is 0.478 e. The van der Waals surface area contributed by atoms with Crippen LogP contribution in [0.25, 0.3) is 0 Å². The monoisotopic (exact) mass is 282 g/mol. The maximum atomic E-state index is 10.8. The van der Waals surface area contributed by atoms with Gasteiger partial charge in [-0.15, -0.1) is 11.8 Å². The summed E-state index contributed by atoms with van der Waals surface area (Å²) in [5.41, 5.74) is 1.12. The van der Waals surface area contributed by atoms with Crippen LogP contribution in [0.1, 0.15) is 15.9 Å². The van der Waals surface area contributed by atoms with Crippen molar-refractivity contribution in [2.24, 2.45) is 7.05 Å². The van der Waals surface area contributed by atoms with Crippen molar-refractivity contribution in [2.45, 2.75) is 10.6 Å². The van der Waals surface area contributed by atoms with Gasteiger partial charge in [0.2, 0.25) is 0 Å². The SMILES string of the molecule is Cn1cc(SCc2ccc(C(=O)O)cc2Cl)cn1. The zero-order chi connectivity index (χ0) is 13.1. The first kappa shape index (κ1) is 13.0. The summed E-state index contributed by atoms with van der Waals surface area (Å²) in [6, 6.07) is 4.78. The van der Waals surface area contributed by atoms with Crippen molar-refractivity contribution < 1.29 is 9.90 Å². The summed E-state index contributed by atoms with van der Waals surface area (Å²) in [7, 11) is 1.86. The maximum absolute atomic E-state index is 10.8. The van der Waals surface area contributed by atoms with E-state index in [-0.39, 0.29) is 5.56 Å². The molecule has 18 heavy (non-hydrogen) atoms. The van der Waals surface area contributed by atoms with Crippen LogP contribution in [0.2, 0.25) is 5.02 Å². The summed E-state index contributed by atoms with van der Waals surface area (Å²) in [6.07, 6.45) is 3.70. The Morgan fingerprint density at radius 2 is 2.33 bits per heavy atom. The fourth-order valence-electron chi connectivity index (χ4n) is 1.43. The smallest absolute Gasteiger partial charge is 0.335 e. The Bertz CT molecular complexity index is 583. The van der Waals surface area contributed by atoms with Crippen LogP contribution in [0.5, 0.6) is 0 Å². The van der Waals surface area contributed by atoms with Gasteiger partial charge in [0.25, 0.3) is 0 Å². The van der Waals surface area contributed by atoms with E-state index in [0.717, 1.165) is 10.5 Å². The first-order valence-electron chi connectivity index (χ1n) is 5.19. The van der Waals surface area contributed by atoms with Crippen LogP contribution in [0.3, 0.4) is 0 Å². The third kappa shape index (κ3) is 3.05. The standard InChI is InChI=1S/C12H11ClN2O2S/c1-15-6-10(5-14-15)18-7-9-3-2-8(12(16)17)4-11(9)13/h2-6H,7H2,1H3,(H,16,17). The molecule has 94 valence electrons. The number of carboxylic acid groups (broad SMARTS) is 1. The number of aryl methyl sites for hydroxylation is 1. The Hall–Kier alpha value is -1.46. The summed E-state index contributed by atoms with van der Waals surface area (Å²) in [4.78, 5) is 11.8. The van der Waals surface area contributed by atoms with E-state index in [9.17, 15) is 4.79 Å². The molecule has 0 atom stereocenters. The zero-order valence-electron chi connectivity index (χ0n) is 9.63. The molecule has 1 aromatic heterocycles. The van der Waals surface area contributed by atoms with Crippen molar-refractivity contribution in [3.63, 3.8) is 0 Å². The molecule has 2 aromatic rings. The molecule has 1 N–H and O–H groups in total. The predicted octanol–water partition coefficient (Wildman–Crippen LogP) is 3.06. The van der Waals surface area contributed by atoms with E-state index in [1.165, 1.54) is 6.07 Å². The Morgan fingerprint density at radius 1 is 1.56 bits per heavy atom. The van der Waals surface area contributed by atoms with Gasteiger partial charge in [0, 0.05) is 28.9 Å². The lowest BCUT2D eigenvalue weighted by Crippen LogP contribution is -1.96. The van der Waals surface area contributed by atoms with Crippen LogP contribution in [-0.2, 0) is 12.8 Å². The highest BCUT2D eigenvalue weighted by atomic mass is 35.5. The molecule has 0 bridgehead atoms. The van der Waals surface area contributed by atoms with Crippen LogP contribution < -0.4 is 0 Å². The molecule has 0 radical (unpaired) electrons. The lowest BCUT2D eigenvalue weighted by atomic mass is 10.1. The van der Waals surface area contributed by atoms with Crippen molar-refractivity contribution in [1.82, 2.24) is 9.78 Å². The van der Waals surface area contributed by atoms with Gasteiger partial charge in [-0.05, 0) is 17.7 Å². The minimum absolute atomic E-state index is 0.204. The van der Waals surface area contributed by atoms with Crippen LogP contribution in [0.4, 0.5) is 0 Å². The van der Waals surface area contributed by atoms with Gasteiger partial charge in [0.05, 0.1) is 11.8 Å². The number of thioether (sulfide) groups is 1. The van der Waals surface area contributed by atoms with Crippen molar-refractivity contribution >= 4 is 29.3 Å². The van der Waals surface area contributed by atoms with Gasteiger partial charge in [-0.3, -0.25) is 4.68 Å². The quantitative estimate of drug-likeness (QED) is 0.876. The Morgan fingerprint density at radius 3 is 2.89 bits per heavy atom. The average molecular weight is 283 g/mol. The molecule has 0 aliphatic rings. The first-order chi connectivity index (χ1) is 8.56. The second-order valence-electron chi connectivity index (χ2n) is 3.75. The second kappa shape index (κ2) is 5.46. The fraction of sp³-hybridized carbons (Fsp3) is 0.167. The number of nitrogens with zero attached hydrogens (tertiary/aromatic N) is 2. The van der Waals surface area contributed by atoms with E-state index >= 15 is 0 Å². The molecule has 0 spiro atoms. The molecule has 2 rings (SSSR count). The van der Waals surface area contributed by atoms with E-state index in [2.05, 4.69) is 5.10 Å². The molecule has 0 unspecified atom stereocenters.